The zero-order valence-electron chi connectivity index (χ0n) is 10.1. The highest BCUT2D eigenvalue weighted by atomic mass is 16.3. The van der Waals surface area contributed by atoms with E-state index >= 15 is 0 Å². The molecule has 0 saturated carbocycles. The molecule has 0 saturated heterocycles. The maximum absolute atomic E-state index is 9.17. The van der Waals surface area contributed by atoms with Crippen LogP contribution in [0, 0.1) is 0 Å². The summed E-state index contributed by atoms with van der Waals surface area (Å²) in [6.45, 7) is 2.00. The van der Waals surface area contributed by atoms with Crippen molar-refractivity contribution >= 4 is 11.5 Å². The lowest BCUT2D eigenvalue weighted by atomic mass is 10.2. The second-order valence-corrected chi connectivity index (χ2v) is 3.84. The Morgan fingerprint density at radius 3 is 2.94 bits per heavy atom. The highest BCUT2D eigenvalue weighted by Crippen LogP contribution is 2.21. The molecule has 0 aromatic carbocycles. The van der Waals surface area contributed by atoms with Crippen LogP contribution in [-0.4, -0.2) is 37.5 Å². The number of nitrogens with one attached hydrogen (secondary N) is 1. The van der Waals surface area contributed by atoms with Crippen molar-refractivity contribution in [3.8, 4) is 5.82 Å². The standard InChI is InChI=1S/C11H16N6O/c1-2-8(6-18)16-10-9(12)11(14-7-13-10)17-5-3-4-15-17/h3-5,7-8,18H,2,6,12H2,1H3,(H,13,14,16)/t8-/m0/s1. The van der Waals surface area contributed by atoms with Crippen LogP contribution in [0.1, 0.15) is 13.3 Å². The Morgan fingerprint density at radius 1 is 1.50 bits per heavy atom. The first-order chi connectivity index (χ1) is 8.76. The molecular weight excluding hydrogens is 232 g/mol. The Morgan fingerprint density at radius 2 is 2.33 bits per heavy atom. The number of anilines is 2. The second-order valence-electron chi connectivity index (χ2n) is 3.84. The average Bonchev–Trinajstić information content (AvgIpc) is 2.91. The number of aromatic nitrogens is 4. The number of rotatable bonds is 5. The fourth-order valence-electron chi connectivity index (χ4n) is 1.55. The maximum atomic E-state index is 9.17. The lowest BCUT2D eigenvalue weighted by Crippen LogP contribution is -2.24. The van der Waals surface area contributed by atoms with Crippen LogP contribution in [-0.2, 0) is 0 Å². The van der Waals surface area contributed by atoms with Gasteiger partial charge in [0.2, 0.25) is 0 Å². The number of nitrogen functional groups attached to an aromatic ring is 1. The largest absolute Gasteiger partial charge is 0.394 e. The summed E-state index contributed by atoms with van der Waals surface area (Å²) in [6, 6.07) is 1.71. The Kier molecular flexibility index (Phi) is 3.73. The van der Waals surface area contributed by atoms with Crippen molar-refractivity contribution in [2.45, 2.75) is 19.4 Å². The number of aliphatic hydroxyl groups excluding tert-OH is 1. The third-order valence-electron chi connectivity index (χ3n) is 2.64. The lowest BCUT2D eigenvalue weighted by Gasteiger charge is -2.16. The number of nitrogens with two attached hydrogens (primary N) is 1. The molecule has 0 aliphatic heterocycles. The van der Waals surface area contributed by atoms with E-state index in [4.69, 9.17) is 10.8 Å². The molecule has 18 heavy (non-hydrogen) atoms. The smallest absolute Gasteiger partial charge is 0.181 e. The molecule has 7 nitrogen and oxygen atoms in total. The van der Waals surface area contributed by atoms with Crippen LogP contribution in [0.3, 0.4) is 0 Å². The molecule has 0 aliphatic carbocycles. The fourth-order valence-corrected chi connectivity index (χ4v) is 1.55. The summed E-state index contributed by atoms with van der Waals surface area (Å²) in [7, 11) is 0. The minimum absolute atomic E-state index is 0.0248. The predicted molar refractivity (Wildman–Crippen MR) is 68.4 cm³/mol. The molecule has 4 N–H and O–H groups in total. The van der Waals surface area contributed by atoms with E-state index in [1.165, 1.54) is 6.33 Å². The van der Waals surface area contributed by atoms with Crippen molar-refractivity contribution in [1.29, 1.82) is 0 Å². The van der Waals surface area contributed by atoms with Crippen molar-refractivity contribution in [2.24, 2.45) is 0 Å². The molecule has 96 valence electrons. The molecule has 7 heteroatoms. The van der Waals surface area contributed by atoms with Crippen LogP contribution < -0.4 is 11.1 Å². The third-order valence-corrected chi connectivity index (χ3v) is 2.64. The minimum atomic E-state index is -0.0762. The first-order valence-electron chi connectivity index (χ1n) is 5.74. The highest BCUT2D eigenvalue weighted by Gasteiger charge is 2.12. The molecule has 0 unspecified atom stereocenters. The Balaban J connectivity index is 2.30. The zero-order valence-corrected chi connectivity index (χ0v) is 10.1. The molecule has 0 fully saturated rings. The Bertz CT molecular complexity index is 494. The van der Waals surface area contributed by atoms with Gasteiger partial charge < -0.3 is 16.2 Å². The second kappa shape index (κ2) is 5.46. The Labute approximate surface area is 105 Å². The van der Waals surface area contributed by atoms with Gasteiger partial charge in [0, 0.05) is 12.4 Å². The number of aliphatic hydroxyl groups is 1. The molecule has 0 bridgehead atoms. The first kappa shape index (κ1) is 12.3. The average molecular weight is 248 g/mol. The van der Waals surface area contributed by atoms with E-state index in [9.17, 15) is 0 Å². The van der Waals surface area contributed by atoms with Gasteiger partial charge in [0.15, 0.2) is 11.6 Å². The summed E-state index contributed by atoms with van der Waals surface area (Å²) in [6.07, 6.45) is 5.60. The Hall–Kier alpha value is -2.15. The van der Waals surface area contributed by atoms with Gasteiger partial charge in [-0.05, 0) is 12.5 Å². The minimum Gasteiger partial charge on any atom is -0.394 e. The molecule has 1 atom stereocenters. The van der Waals surface area contributed by atoms with Crippen molar-refractivity contribution in [2.75, 3.05) is 17.7 Å². The van der Waals surface area contributed by atoms with E-state index in [1.807, 2.05) is 6.92 Å². The van der Waals surface area contributed by atoms with Gasteiger partial charge in [-0.1, -0.05) is 6.92 Å². The quantitative estimate of drug-likeness (QED) is 0.709. The van der Waals surface area contributed by atoms with Gasteiger partial charge in [-0.3, -0.25) is 0 Å². The predicted octanol–water partition coefficient (Wildman–Crippen LogP) is 0.427. The van der Waals surface area contributed by atoms with Crippen LogP contribution >= 0.6 is 0 Å². The summed E-state index contributed by atoms with van der Waals surface area (Å²) < 4.78 is 1.57. The van der Waals surface area contributed by atoms with Crippen LogP contribution in [0.4, 0.5) is 11.5 Å². The topological polar surface area (TPSA) is 102 Å². The molecule has 2 aromatic rings. The molecule has 2 heterocycles. The molecular formula is C11H16N6O. The molecule has 0 radical (unpaired) electrons. The van der Waals surface area contributed by atoms with Gasteiger partial charge in [0.1, 0.15) is 12.0 Å². The zero-order chi connectivity index (χ0) is 13.0. The van der Waals surface area contributed by atoms with E-state index in [1.54, 1.807) is 23.1 Å². The molecule has 0 amide bonds. The van der Waals surface area contributed by atoms with Gasteiger partial charge in [-0.2, -0.15) is 5.10 Å². The maximum Gasteiger partial charge on any atom is 0.181 e. The summed E-state index contributed by atoms with van der Waals surface area (Å²) in [5, 5.41) is 16.3. The van der Waals surface area contributed by atoms with E-state index in [0.717, 1.165) is 6.42 Å². The molecule has 0 aliphatic rings. The summed E-state index contributed by atoms with van der Waals surface area (Å²) in [5.74, 6) is 1.03. The van der Waals surface area contributed by atoms with Crippen molar-refractivity contribution in [1.82, 2.24) is 19.7 Å². The van der Waals surface area contributed by atoms with Crippen molar-refractivity contribution in [3.05, 3.63) is 24.8 Å². The van der Waals surface area contributed by atoms with E-state index in [0.29, 0.717) is 17.3 Å². The number of hydrogen-bond acceptors (Lipinski definition) is 6. The lowest BCUT2D eigenvalue weighted by molar-refractivity contribution is 0.271. The van der Waals surface area contributed by atoms with Crippen molar-refractivity contribution in [3.63, 3.8) is 0 Å². The molecule has 0 spiro atoms. The van der Waals surface area contributed by atoms with Gasteiger partial charge in [0.25, 0.3) is 0 Å². The van der Waals surface area contributed by atoms with Crippen molar-refractivity contribution < 1.29 is 5.11 Å². The number of nitrogens with zero attached hydrogens (tertiary/aromatic N) is 4. The highest BCUT2D eigenvalue weighted by molar-refractivity contribution is 5.69. The molecule has 2 rings (SSSR count). The van der Waals surface area contributed by atoms with Crippen LogP contribution in [0.2, 0.25) is 0 Å². The third kappa shape index (κ3) is 2.40. The fraction of sp³-hybridized carbons (Fsp3) is 0.364. The van der Waals surface area contributed by atoms with Gasteiger partial charge in [0.05, 0.1) is 12.6 Å². The van der Waals surface area contributed by atoms with E-state index in [2.05, 4.69) is 20.4 Å². The van der Waals surface area contributed by atoms with Gasteiger partial charge in [-0.25, -0.2) is 14.6 Å². The van der Waals surface area contributed by atoms with E-state index < -0.39 is 0 Å². The summed E-state index contributed by atoms with van der Waals surface area (Å²) >= 11 is 0. The normalized spacial score (nSPS) is 12.3. The summed E-state index contributed by atoms with van der Waals surface area (Å²) in [4.78, 5) is 8.19. The molecule has 2 aromatic heterocycles. The van der Waals surface area contributed by atoms with Crippen LogP contribution in [0.5, 0.6) is 0 Å². The van der Waals surface area contributed by atoms with E-state index in [-0.39, 0.29) is 12.6 Å². The van der Waals surface area contributed by atoms with Gasteiger partial charge in [-0.15, -0.1) is 0 Å². The first-order valence-corrected chi connectivity index (χ1v) is 5.74. The number of hydrogen-bond donors (Lipinski definition) is 3. The SMILES string of the molecule is CC[C@@H](CO)Nc1ncnc(-n2cccn2)c1N. The van der Waals surface area contributed by atoms with Gasteiger partial charge >= 0.3 is 0 Å². The summed E-state index contributed by atoms with van der Waals surface area (Å²) in [5.41, 5.74) is 6.41. The van der Waals surface area contributed by atoms with Crippen LogP contribution in [0.25, 0.3) is 5.82 Å². The monoisotopic (exact) mass is 248 g/mol. The van der Waals surface area contributed by atoms with Crippen LogP contribution in [0.15, 0.2) is 24.8 Å².